The second-order valence-corrected chi connectivity index (χ2v) is 3.80. The van der Waals surface area contributed by atoms with E-state index in [0.717, 1.165) is 14.0 Å². The summed E-state index contributed by atoms with van der Waals surface area (Å²) in [7, 11) is 0.997. The Balaban J connectivity index is 2.95. The molecule has 1 rings (SSSR count). The summed E-state index contributed by atoms with van der Waals surface area (Å²) in [6, 6.07) is 0. The molecule has 0 spiro atoms. The summed E-state index contributed by atoms with van der Waals surface area (Å²) in [5.41, 5.74) is -1.95. The number of methoxy groups -OCH3 is 1. The maximum absolute atomic E-state index is 13.2. The summed E-state index contributed by atoms with van der Waals surface area (Å²) >= 11 is 4.96. The highest BCUT2D eigenvalue weighted by atomic mass is 35.5. The van der Waals surface area contributed by atoms with E-state index in [0.29, 0.717) is 0 Å². The van der Waals surface area contributed by atoms with Gasteiger partial charge in [0.1, 0.15) is 5.41 Å². The van der Waals surface area contributed by atoms with Gasteiger partial charge in [0, 0.05) is 6.42 Å². The first kappa shape index (κ1) is 10.6. The molecule has 0 saturated heterocycles. The Labute approximate surface area is 78.0 Å². The van der Waals surface area contributed by atoms with Crippen LogP contribution in [0.5, 0.6) is 0 Å². The molecule has 0 aromatic heterocycles. The molecule has 0 aromatic rings. The molecule has 0 N–H and O–H groups in total. The summed E-state index contributed by atoms with van der Waals surface area (Å²) < 4.78 is 42.6. The van der Waals surface area contributed by atoms with Crippen LogP contribution in [0.4, 0.5) is 13.2 Å². The monoisotopic (exact) mass is 216 g/mol. The van der Waals surface area contributed by atoms with Crippen molar-refractivity contribution in [3.63, 3.8) is 0 Å². The predicted octanol–water partition coefficient (Wildman–Crippen LogP) is 2.11. The number of halogens is 4. The molecule has 1 fully saturated rings. The maximum Gasteiger partial charge on any atom is 0.316 e. The first-order chi connectivity index (χ1) is 5.69. The first-order valence-corrected chi connectivity index (χ1v) is 3.91. The zero-order valence-corrected chi connectivity index (χ0v) is 7.79. The first-order valence-electron chi connectivity index (χ1n) is 3.53. The lowest BCUT2D eigenvalue weighted by atomic mass is 9.65. The van der Waals surface area contributed by atoms with Crippen LogP contribution in [0.25, 0.3) is 0 Å². The minimum absolute atomic E-state index is 0.924. The zero-order chi connectivity index (χ0) is 10.5. The highest BCUT2D eigenvalue weighted by Gasteiger charge is 2.79. The van der Waals surface area contributed by atoms with Crippen LogP contribution in [0.2, 0.25) is 0 Å². The summed E-state index contributed by atoms with van der Waals surface area (Å²) in [4.78, 5) is 10.9. The predicted molar refractivity (Wildman–Crippen MR) is 39.4 cm³/mol. The molecule has 13 heavy (non-hydrogen) atoms. The average Bonchev–Trinajstić information content (AvgIpc) is 2.01. The van der Waals surface area contributed by atoms with E-state index in [4.69, 9.17) is 11.6 Å². The van der Waals surface area contributed by atoms with Crippen LogP contribution in [-0.4, -0.2) is 24.1 Å². The molecule has 0 bridgehead atoms. The van der Waals surface area contributed by atoms with Crippen LogP contribution >= 0.6 is 11.6 Å². The molecule has 0 unspecified atom stereocenters. The van der Waals surface area contributed by atoms with Gasteiger partial charge < -0.3 is 4.74 Å². The van der Waals surface area contributed by atoms with Crippen LogP contribution in [0.3, 0.4) is 0 Å². The smallest absolute Gasteiger partial charge is 0.316 e. The van der Waals surface area contributed by atoms with Gasteiger partial charge in [0.2, 0.25) is 0 Å². The van der Waals surface area contributed by atoms with Gasteiger partial charge in [-0.25, -0.2) is 13.2 Å². The van der Waals surface area contributed by atoms with Crippen molar-refractivity contribution in [3.05, 3.63) is 0 Å². The van der Waals surface area contributed by atoms with Gasteiger partial charge in [-0.1, -0.05) is 11.6 Å². The Morgan fingerprint density at radius 3 is 2.15 bits per heavy atom. The number of rotatable bonds is 1. The van der Waals surface area contributed by atoms with Crippen molar-refractivity contribution in [2.24, 2.45) is 5.41 Å². The van der Waals surface area contributed by atoms with E-state index in [1.165, 1.54) is 0 Å². The number of carbonyl (C=O) groups excluding carboxylic acids is 1. The van der Waals surface area contributed by atoms with Crippen molar-refractivity contribution in [1.29, 1.82) is 0 Å². The summed E-state index contributed by atoms with van der Waals surface area (Å²) in [5.74, 6) is -4.73. The van der Waals surface area contributed by atoms with Crippen LogP contribution in [0, 0.1) is 5.41 Å². The molecule has 6 heteroatoms. The molecule has 0 heterocycles. The van der Waals surface area contributed by atoms with Crippen LogP contribution in [0.15, 0.2) is 0 Å². The number of hydrogen-bond donors (Lipinski definition) is 0. The lowest BCUT2D eigenvalue weighted by Gasteiger charge is -2.51. The Morgan fingerprint density at radius 1 is 1.46 bits per heavy atom. The topological polar surface area (TPSA) is 26.3 Å². The SMILES string of the molecule is COC(=O)[C@@]1(C)CC(F)(F)[C@]1(F)Cl. The van der Waals surface area contributed by atoms with Gasteiger partial charge in [-0.3, -0.25) is 4.79 Å². The highest BCUT2D eigenvalue weighted by molar-refractivity contribution is 6.26. The summed E-state index contributed by atoms with van der Waals surface area (Å²) in [6.07, 6.45) is -0.924. The molecule has 2 atom stereocenters. The van der Waals surface area contributed by atoms with Gasteiger partial charge in [-0.15, -0.1) is 0 Å². The minimum atomic E-state index is -3.67. The number of esters is 1. The summed E-state index contributed by atoms with van der Waals surface area (Å²) in [6.45, 7) is 1.02. The number of hydrogen-bond acceptors (Lipinski definition) is 2. The number of carbonyl (C=O) groups is 1. The normalized spacial score (nSPS) is 42.3. The number of alkyl halides is 4. The van der Waals surface area contributed by atoms with E-state index in [-0.39, 0.29) is 0 Å². The van der Waals surface area contributed by atoms with Crippen molar-refractivity contribution < 1.29 is 22.7 Å². The van der Waals surface area contributed by atoms with Gasteiger partial charge in [0.05, 0.1) is 7.11 Å². The van der Waals surface area contributed by atoms with Gasteiger partial charge in [0.25, 0.3) is 11.1 Å². The van der Waals surface area contributed by atoms with Crippen LogP contribution < -0.4 is 0 Å². The standard InChI is InChI=1S/C7H8ClF3O2/c1-5(4(12)13-2)3-6(9,10)7(5,8)11/h3H2,1-2H3/t5-,7+/m1/s1. The molecular formula is C7H8ClF3O2. The molecule has 2 nitrogen and oxygen atoms in total. The Hall–Kier alpha value is -0.450. The molecule has 0 aliphatic heterocycles. The van der Waals surface area contributed by atoms with Gasteiger partial charge in [0.15, 0.2) is 0 Å². The largest absolute Gasteiger partial charge is 0.468 e. The quantitative estimate of drug-likeness (QED) is 0.496. The molecule has 0 aromatic carbocycles. The maximum atomic E-state index is 13.2. The van der Waals surface area contributed by atoms with Crippen molar-refractivity contribution in [1.82, 2.24) is 0 Å². The van der Waals surface area contributed by atoms with Crippen molar-refractivity contribution in [3.8, 4) is 0 Å². The van der Waals surface area contributed by atoms with Crippen LogP contribution in [0.1, 0.15) is 13.3 Å². The molecule has 1 saturated carbocycles. The fourth-order valence-corrected chi connectivity index (χ4v) is 1.60. The van der Waals surface area contributed by atoms with Gasteiger partial charge in [-0.05, 0) is 6.92 Å². The van der Waals surface area contributed by atoms with Crippen molar-refractivity contribution >= 4 is 17.6 Å². The third-order valence-corrected chi connectivity index (χ3v) is 3.06. The Bertz CT molecular complexity index is 254. The molecule has 1 aliphatic carbocycles. The third kappa shape index (κ3) is 1.06. The number of ether oxygens (including phenoxy) is 1. The summed E-state index contributed by atoms with van der Waals surface area (Å²) in [5, 5.41) is -3.34. The third-order valence-electron chi connectivity index (χ3n) is 2.36. The molecule has 76 valence electrons. The van der Waals surface area contributed by atoms with E-state index >= 15 is 0 Å². The van der Waals surface area contributed by atoms with Crippen molar-refractivity contribution in [2.75, 3.05) is 7.11 Å². The van der Waals surface area contributed by atoms with E-state index < -0.39 is 28.9 Å². The highest BCUT2D eigenvalue weighted by Crippen LogP contribution is 2.64. The fraction of sp³-hybridized carbons (Fsp3) is 0.857. The van der Waals surface area contributed by atoms with Gasteiger partial charge in [-0.2, -0.15) is 0 Å². The molecule has 0 amide bonds. The molecule has 1 aliphatic rings. The minimum Gasteiger partial charge on any atom is -0.468 e. The van der Waals surface area contributed by atoms with E-state index in [1.54, 1.807) is 0 Å². The van der Waals surface area contributed by atoms with Crippen molar-refractivity contribution in [2.45, 2.75) is 24.4 Å². The van der Waals surface area contributed by atoms with Crippen LogP contribution in [-0.2, 0) is 9.53 Å². The second-order valence-electron chi connectivity index (χ2n) is 3.28. The van der Waals surface area contributed by atoms with E-state index in [2.05, 4.69) is 4.74 Å². The Morgan fingerprint density at radius 2 is 1.92 bits per heavy atom. The lowest BCUT2D eigenvalue weighted by molar-refractivity contribution is -0.253. The second kappa shape index (κ2) is 2.53. The van der Waals surface area contributed by atoms with Gasteiger partial charge >= 0.3 is 5.97 Å². The van der Waals surface area contributed by atoms with E-state index in [1.807, 2.05) is 0 Å². The molecular weight excluding hydrogens is 209 g/mol. The molecule has 0 radical (unpaired) electrons. The average molecular weight is 217 g/mol. The Kier molecular flexibility index (Phi) is 2.07. The fourth-order valence-electron chi connectivity index (χ4n) is 1.39. The van der Waals surface area contributed by atoms with E-state index in [9.17, 15) is 18.0 Å². The zero-order valence-electron chi connectivity index (χ0n) is 7.04. The lowest BCUT2D eigenvalue weighted by Crippen LogP contribution is -2.68.